The monoisotopic (exact) mass is 426 g/mol. The summed E-state index contributed by atoms with van der Waals surface area (Å²) in [6.45, 7) is 1.51. The van der Waals surface area contributed by atoms with Gasteiger partial charge in [0.15, 0.2) is 0 Å². The van der Waals surface area contributed by atoms with Crippen molar-refractivity contribution in [2.45, 2.75) is 57.4 Å². The Kier molecular flexibility index (Phi) is 5.54. The van der Waals surface area contributed by atoms with E-state index in [0.29, 0.717) is 23.5 Å². The maximum atomic E-state index is 14.4. The number of halogens is 1. The third-order valence-electron chi connectivity index (χ3n) is 6.50. The van der Waals surface area contributed by atoms with Crippen LogP contribution in [-0.4, -0.2) is 35.0 Å². The van der Waals surface area contributed by atoms with E-state index in [4.69, 9.17) is 0 Å². The van der Waals surface area contributed by atoms with Gasteiger partial charge in [-0.15, -0.1) is 11.3 Å². The molecule has 1 amide bonds. The lowest BCUT2D eigenvalue weighted by Gasteiger charge is -2.33. The third kappa shape index (κ3) is 3.75. The molecule has 1 aliphatic carbocycles. The number of aromatic nitrogens is 2. The Labute approximate surface area is 179 Å². The molecule has 1 atom stereocenters. The molecule has 2 fully saturated rings. The highest BCUT2D eigenvalue weighted by atomic mass is 32.1. The zero-order chi connectivity index (χ0) is 20.5. The van der Waals surface area contributed by atoms with Crippen molar-refractivity contribution < 1.29 is 9.18 Å². The maximum absolute atomic E-state index is 14.4. The van der Waals surface area contributed by atoms with Gasteiger partial charge >= 0.3 is 0 Å². The Morgan fingerprint density at radius 3 is 2.77 bits per heavy atom. The number of fused-ring (bicyclic) bond motifs is 3. The number of carbonyl (C=O) groups is 1. The minimum atomic E-state index is -0.248. The molecule has 7 heteroatoms. The predicted octanol–water partition coefficient (Wildman–Crippen LogP) is 5.04. The first-order valence-corrected chi connectivity index (χ1v) is 11.9. The first-order chi connectivity index (χ1) is 14.7. The smallest absolute Gasteiger partial charge is 0.225 e. The molecule has 0 bridgehead atoms. The molecule has 1 unspecified atom stereocenters. The summed E-state index contributed by atoms with van der Waals surface area (Å²) in [5.74, 6) is 0.729. The zero-order valence-corrected chi connectivity index (χ0v) is 17.9. The molecule has 5 rings (SSSR count). The lowest BCUT2D eigenvalue weighted by atomic mass is 9.96. The molecule has 1 aromatic carbocycles. The number of anilines is 1. The van der Waals surface area contributed by atoms with Crippen LogP contribution in [0.15, 0.2) is 24.5 Å². The van der Waals surface area contributed by atoms with Crippen molar-refractivity contribution in [2.75, 3.05) is 18.0 Å². The Bertz CT molecular complexity index is 1060. The van der Waals surface area contributed by atoms with Crippen LogP contribution in [-0.2, 0) is 4.79 Å². The molecule has 30 heavy (non-hydrogen) atoms. The molecular weight excluding hydrogens is 399 g/mol. The molecule has 2 aliphatic rings. The largest absolute Gasteiger partial charge is 0.355 e. The average Bonchev–Trinajstić information content (AvgIpc) is 2.97. The van der Waals surface area contributed by atoms with E-state index in [9.17, 15) is 9.18 Å². The van der Waals surface area contributed by atoms with E-state index in [1.54, 1.807) is 6.07 Å². The Balaban J connectivity index is 1.38. The van der Waals surface area contributed by atoms with Gasteiger partial charge in [-0.25, -0.2) is 14.4 Å². The summed E-state index contributed by atoms with van der Waals surface area (Å²) < 4.78 is 16.2. The van der Waals surface area contributed by atoms with Crippen LogP contribution >= 0.6 is 11.3 Å². The quantitative estimate of drug-likeness (QED) is 0.596. The highest BCUT2D eigenvalue weighted by molar-refractivity contribution is 7.26. The van der Waals surface area contributed by atoms with Gasteiger partial charge in [-0.05, 0) is 37.8 Å². The van der Waals surface area contributed by atoms with Crippen LogP contribution < -0.4 is 10.2 Å². The van der Waals surface area contributed by atoms with E-state index >= 15 is 0 Å². The standard InChI is InChI=1S/C23H27FN4OS/c24-17-10-5-11-18-19(17)20-21(30-18)22(26-14-25-20)28-12-6-7-15(13-28)23(29)27-16-8-3-1-2-4-9-16/h5,10-11,14-16H,1-4,6-9,12-13H2,(H,27,29). The van der Waals surface area contributed by atoms with Gasteiger partial charge in [0.2, 0.25) is 5.91 Å². The number of piperidine rings is 1. The van der Waals surface area contributed by atoms with E-state index in [1.165, 1.54) is 49.4 Å². The zero-order valence-electron chi connectivity index (χ0n) is 17.1. The summed E-state index contributed by atoms with van der Waals surface area (Å²) >= 11 is 1.53. The Morgan fingerprint density at radius 1 is 1.10 bits per heavy atom. The van der Waals surface area contributed by atoms with E-state index in [-0.39, 0.29) is 17.6 Å². The van der Waals surface area contributed by atoms with Crippen LogP contribution in [0.1, 0.15) is 51.4 Å². The van der Waals surface area contributed by atoms with Gasteiger partial charge in [0.05, 0.1) is 21.5 Å². The van der Waals surface area contributed by atoms with Crippen molar-refractivity contribution in [3.05, 3.63) is 30.3 Å². The Hall–Kier alpha value is -2.28. The summed E-state index contributed by atoms with van der Waals surface area (Å²) in [5.41, 5.74) is 0.670. The van der Waals surface area contributed by atoms with Crippen LogP contribution in [0, 0.1) is 11.7 Å². The number of thiophene rings is 1. The Morgan fingerprint density at radius 2 is 1.93 bits per heavy atom. The van der Waals surface area contributed by atoms with Crippen molar-refractivity contribution in [1.29, 1.82) is 0 Å². The fourth-order valence-electron chi connectivity index (χ4n) is 4.92. The van der Waals surface area contributed by atoms with Crippen molar-refractivity contribution in [2.24, 2.45) is 5.92 Å². The molecule has 1 N–H and O–H groups in total. The van der Waals surface area contributed by atoms with Crippen LogP contribution in [0.3, 0.4) is 0 Å². The molecule has 0 radical (unpaired) electrons. The number of carbonyl (C=O) groups excluding carboxylic acids is 1. The highest BCUT2D eigenvalue weighted by Crippen LogP contribution is 2.39. The summed E-state index contributed by atoms with van der Waals surface area (Å²) in [5, 5.41) is 3.89. The number of benzene rings is 1. The van der Waals surface area contributed by atoms with Crippen LogP contribution in [0.2, 0.25) is 0 Å². The average molecular weight is 427 g/mol. The second kappa shape index (κ2) is 8.46. The van der Waals surface area contributed by atoms with Gasteiger partial charge < -0.3 is 10.2 Å². The highest BCUT2D eigenvalue weighted by Gasteiger charge is 2.29. The van der Waals surface area contributed by atoms with Gasteiger partial charge in [-0.1, -0.05) is 31.7 Å². The van der Waals surface area contributed by atoms with E-state index < -0.39 is 0 Å². The molecule has 1 aliphatic heterocycles. The molecule has 3 aromatic rings. The topological polar surface area (TPSA) is 58.1 Å². The predicted molar refractivity (Wildman–Crippen MR) is 119 cm³/mol. The van der Waals surface area contributed by atoms with Crippen LogP contribution in [0.4, 0.5) is 10.2 Å². The number of nitrogens with one attached hydrogen (secondary N) is 1. The first-order valence-electron chi connectivity index (χ1n) is 11.1. The lowest BCUT2D eigenvalue weighted by Crippen LogP contribution is -2.46. The third-order valence-corrected chi connectivity index (χ3v) is 7.64. The number of hydrogen-bond donors (Lipinski definition) is 1. The molecule has 158 valence electrons. The minimum absolute atomic E-state index is 0.0295. The minimum Gasteiger partial charge on any atom is -0.355 e. The molecule has 1 saturated carbocycles. The SMILES string of the molecule is O=C(NC1CCCCCC1)C1CCCN(c2ncnc3c2sc2cccc(F)c23)C1. The van der Waals surface area contributed by atoms with E-state index in [2.05, 4.69) is 20.2 Å². The van der Waals surface area contributed by atoms with E-state index in [1.807, 2.05) is 6.07 Å². The van der Waals surface area contributed by atoms with Gasteiger partial charge in [-0.3, -0.25) is 4.79 Å². The number of hydrogen-bond acceptors (Lipinski definition) is 5. The molecule has 2 aromatic heterocycles. The fourth-order valence-corrected chi connectivity index (χ4v) is 6.10. The number of rotatable bonds is 3. The number of nitrogens with zero attached hydrogens (tertiary/aromatic N) is 3. The normalized spacial score (nSPS) is 21.1. The molecular formula is C23H27FN4OS. The number of amides is 1. The molecule has 0 spiro atoms. The summed E-state index contributed by atoms with van der Waals surface area (Å²) in [7, 11) is 0. The molecule has 5 nitrogen and oxygen atoms in total. The fraction of sp³-hybridized carbons (Fsp3) is 0.522. The second-order valence-electron chi connectivity index (χ2n) is 8.57. The summed E-state index contributed by atoms with van der Waals surface area (Å²) in [6, 6.07) is 5.46. The van der Waals surface area contributed by atoms with Gasteiger partial charge in [0.1, 0.15) is 18.0 Å². The summed E-state index contributed by atoms with van der Waals surface area (Å²) in [4.78, 5) is 24.1. The van der Waals surface area contributed by atoms with Gasteiger partial charge in [-0.2, -0.15) is 0 Å². The van der Waals surface area contributed by atoms with Crippen molar-refractivity contribution in [3.63, 3.8) is 0 Å². The van der Waals surface area contributed by atoms with Crippen molar-refractivity contribution in [1.82, 2.24) is 15.3 Å². The summed E-state index contributed by atoms with van der Waals surface area (Å²) in [6.07, 6.45) is 10.6. The van der Waals surface area contributed by atoms with Gasteiger partial charge in [0, 0.05) is 23.8 Å². The maximum Gasteiger partial charge on any atom is 0.225 e. The van der Waals surface area contributed by atoms with Crippen molar-refractivity contribution in [3.8, 4) is 0 Å². The van der Waals surface area contributed by atoms with E-state index in [0.717, 1.165) is 47.4 Å². The molecule has 1 saturated heterocycles. The van der Waals surface area contributed by atoms with Gasteiger partial charge in [0.25, 0.3) is 0 Å². The second-order valence-corrected chi connectivity index (χ2v) is 9.62. The molecule has 3 heterocycles. The lowest BCUT2D eigenvalue weighted by molar-refractivity contribution is -0.126. The van der Waals surface area contributed by atoms with Crippen LogP contribution in [0.5, 0.6) is 0 Å². The first kappa shape index (κ1) is 19.7. The van der Waals surface area contributed by atoms with Crippen molar-refractivity contribution >= 4 is 43.4 Å². The van der Waals surface area contributed by atoms with Crippen LogP contribution in [0.25, 0.3) is 20.3 Å².